The number of benzene rings is 3. The van der Waals surface area contributed by atoms with Crippen molar-refractivity contribution in [2.45, 2.75) is 19.6 Å². The molecular weight excluding hydrogens is 436 g/mol. The van der Waals surface area contributed by atoms with E-state index in [0.717, 1.165) is 29.8 Å². The van der Waals surface area contributed by atoms with E-state index in [-0.39, 0.29) is 12.4 Å². The van der Waals surface area contributed by atoms with Crippen LogP contribution in [0.2, 0.25) is 15.1 Å². The second-order valence-electron chi connectivity index (χ2n) is 6.19. The van der Waals surface area contributed by atoms with Gasteiger partial charge in [-0.3, -0.25) is 0 Å². The van der Waals surface area contributed by atoms with Crippen molar-refractivity contribution in [3.8, 4) is 5.75 Å². The van der Waals surface area contributed by atoms with E-state index >= 15 is 0 Å². The predicted molar refractivity (Wildman–Crippen MR) is 121 cm³/mol. The monoisotopic (exact) mass is 455 g/mol. The Morgan fingerprint density at radius 2 is 1.50 bits per heavy atom. The molecule has 0 aromatic heterocycles. The van der Waals surface area contributed by atoms with Gasteiger partial charge in [0.15, 0.2) is 0 Å². The Bertz CT molecular complexity index is 887. The van der Waals surface area contributed by atoms with E-state index in [1.54, 1.807) is 12.1 Å². The molecule has 0 radical (unpaired) electrons. The normalized spacial score (nSPS) is 10.4. The molecule has 3 rings (SSSR count). The molecule has 0 unspecified atom stereocenters. The van der Waals surface area contributed by atoms with Gasteiger partial charge in [-0.05, 0) is 48.9 Å². The minimum Gasteiger partial charge on any atom is -0.489 e. The lowest BCUT2D eigenvalue weighted by atomic mass is 10.1. The molecule has 3 aromatic carbocycles. The quantitative estimate of drug-likeness (QED) is 0.369. The summed E-state index contributed by atoms with van der Waals surface area (Å²) >= 11 is 18.3. The summed E-state index contributed by atoms with van der Waals surface area (Å²) in [5, 5.41) is 5.35. The highest BCUT2D eigenvalue weighted by Crippen LogP contribution is 2.26. The average Bonchev–Trinajstić information content (AvgIpc) is 2.66. The molecule has 1 N–H and O–H groups in total. The molecular formula is C22H21Cl4NO. The van der Waals surface area contributed by atoms with E-state index in [1.165, 1.54) is 5.56 Å². The van der Waals surface area contributed by atoms with Crippen molar-refractivity contribution in [2.75, 3.05) is 6.54 Å². The third-order valence-corrected chi connectivity index (χ3v) is 4.99. The number of hydrogen-bond donors (Lipinski definition) is 1. The molecule has 0 spiro atoms. The van der Waals surface area contributed by atoms with Crippen LogP contribution in [0, 0.1) is 0 Å². The van der Waals surface area contributed by atoms with Crippen molar-refractivity contribution in [3.63, 3.8) is 0 Å². The summed E-state index contributed by atoms with van der Waals surface area (Å²) in [6.45, 7) is 1.92. The van der Waals surface area contributed by atoms with Crippen LogP contribution >= 0.6 is 47.2 Å². The number of ether oxygens (including phenoxy) is 1. The van der Waals surface area contributed by atoms with Gasteiger partial charge >= 0.3 is 0 Å². The van der Waals surface area contributed by atoms with E-state index < -0.39 is 0 Å². The molecule has 0 fully saturated rings. The topological polar surface area (TPSA) is 21.3 Å². The van der Waals surface area contributed by atoms with Crippen LogP contribution in [0.15, 0.2) is 66.7 Å². The smallest absolute Gasteiger partial charge is 0.124 e. The molecule has 0 aliphatic rings. The first-order chi connectivity index (χ1) is 13.1. The van der Waals surface area contributed by atoms with Crippen molar-refractivity contribution < 1.29 is 4.74 Å². The van der Waals surface area contributed by atoms with E-state index in [4.69, 9.17) is 39.5 Å². The number of halogens is 4. The Labute approximate surface area is 187 Å². The molecule has 0 saturated heterocycles. The van der Waals surface area contributed by atoms with Gasteiger partial charge in [0.25, 0.3) is 0 Å². The van der Waals surface area contributed by atoms with Crippen molar-refractivity contribution in [3.05, 3.63) is 98.5 Å². The summed E-state index contributed by atoms with van der Waals surface area (Å²) in [6, 6.07) is 21.4. The van der Waals surface area contributed by atoms with Gasteiger partial charge in [-0.25, -0.2) is 0 Å². The second-order valence-corrected chi connectivity index (χ2v) is 7.47. The van der Waals surface area contributed by atoms with Gasteiger partial charge in [-0.15, -0.1) is 12.4 Å². The summed E-state index contributed by atoms with van der Waals surface area (Å²) in [5.74, 6) is 0.789. The average molecular weight is 457 g/mol. The number of hydrogen-bond acceptors (Lipinski definition) is 2. The highest BCUT2D eigenvalue weighted by atomic mass is 35.5. The Morgan fingerprint density at radius 3 is 2.25 bits per heavy atom. The first kappa shape index (κ1) is 22.9. The minimum atomic E-state index is 0. The number of rotatable bonds is 8. The van der Waals surface area contributed by atoms with E-state index in [9.17, 15) is 0 Å². The molecule has 0 heterocycles. The van der Waals surface area contributed by atoms with Gasteiger partial charge in [0.05, 0.1) is 0 Å². The molecule has 3 aromatic rings. The molecule has 148 valence electrons. The Balaban J connectivity index is 0.00000280. The van der Waals surface area contributed by atoms with Crippen molar-refractivity contribution in [2.24, 2.45) is 0 Å². The van der Waals surface area contributed by atoms with Crippen LogP contribution < -0.4 is 10.1 Å². The molecule has 6 heteroatoms. The fourth-order valence-corrected chi connectivity index (χ4v) is 3.38. The third-order valence-electron chi connectivity index (χ3n) is 4.17. The third kappa shape index (κ3) is 6.88. The lowest BCUT2D eigenvalue weighted by Gasteiger charge is -2.14. The van der Waals surface area contributed by atoms with Crippen molar-refractivity contribution >= 4 is 47.2 Å². The first-order valence-corrected chi connectivity index (χ1v) is 9.85. The van der Waals surface area contributed by atoms with Gasteiger partial charge in [0, 0.05) is 32.7 Å². The van der Waals surface area contributed by atoms with Crippen LogP contribution in [0.5, 0.6) is 5.75 Å². The van der Waals surface area contributed by atoms with Crippen LogP contribution in [0.3, 0.4) is 0 Å². The predicted octanol–water partition coefficient (Wildman–Crippen LogP) is 6.98. The second kappa shape index (κ2) is 11.5. The first-order valence-electron chi connectivity index (χ1n) is 8.71. The zero-order valence-electron chi connectivity index (χ0n) is 15.1. The molecule has 0 saturated carbocycles. The fourth-order valence-electron chi connectivity index (χ4n) is 2.72. The lowest BCUT2D eigenvalue weighted by Crippen LogP contribution is -2.17. The molecule has 0 aliphatic carbocycles. The molecule has 28 heavy (non-hydrogen) atoms. The summed E-state index contributed by atoms with van der Waals surface area (Å²) in [5.41, 5.74) is 3.21. The van der Waals surface area contributed by atoms with Gasteiger partial charge in [0.2, 0.25) is 0 Å². The van der Waals surface area contributed by atoms with Gasteiger partial charge < -0.3 is 10.1 Å². The number of nitrogens with one attached hydrogen (secondary N) is 1. The van der Waals surface area contributed by atoms with Crippen LogP contribution in [0.4, 0.5) is 0 Å². The van der Waals surface area contributed by atoms with Gasteiger partial charge in [-0.1, -0.05) is 71.2 Å². The molecule has 0 atom stereocenters. The lowest BCUT2D eigenvalue weighted by molar-refractivity contribution is 0.302. The minimum absolute atomic E-state index is 0. The van der Waals surface area contributed by atoms with Crippen LogP contribution in [-0.4, -0.2) is 6.54 Å². The summed E-state index contributed by atoms with van der Waals surface area (Å²) in [4.78, 5) is 0. The van der Waals surface area contributed by atoms with Crippen LogP contribution in [0.1, 0.15) is 16.7 Å². The van der Waals surface area contributed by atoms with Gasteiger partial charge in [-0.2, -0.15) is 0 Å². The zero-order chi connectivity index (χ0) is 19.1. The summed E-state index contributed by atoms with van der Waals surface area (Å²) < 4.78 is 5.99. The van der Waals surface area contributed by atoms with E-state index in [0.29, 0.717) is 28.2 Å². The largest absolute Gasteiger partial charge is 0.489 e. The standard InChI is InChI=1S/C22H20Cl3NO.ClH/c23-19-8-9-22(27-15-17-6-7-20(24)13-21(17)25)18(12-19)14-26-11-10-16-4-2-1-3-5-16;/h1-9,12-13,26H,10-11,14-15H2;1H. The van der Waals surface area contributed by atoms with Crippen molar-refractivity contribution in [1.29, 1.82) is 0 Å². The zero-order valence-corrected chi connectivity index (χ0v) is 18.2. The van der Waals surface area contributed by atoms with E-state index in [2.05, 4.69) is 29.6 Å². The van der Waals surface area contributed by atoms with E-state index in [1.807, 2.05) is 30.3 Å². The Kier molecular flexibility index (Phi) is 9.43. The maximum atomic E-state index is 6.22. The Morgan fingerprint density at radius 1 is 0.786 bits per heavy atom. The molecule has 0 amide bonds. The molecule has 0 aliphatic heterocycles. The van der Waals surface area contributed by atoms with Gasteiger partial charge in [0.1, 0.15) is 12.4 Å². The summed E-state index contributed by atoms with van der Waals surface area (Å²) in [7, 11) is 0. The van der Waals surface area contributed by atoms with Crippen LogP contribution in [-0.2, 0) is 19.6 Å². The molecule has 2 nitrogen and oxygen atoms in total. The SMILES string of the molecule is Cl.Clc1ccc(COc2ccc(Cl)cc2CNCCc2ccccc2)c(Cl)c1. The highest BCUT2D eigenvalue weighted by Gasteiger charge is 2.07. The van der Waals surface area contributed by atoms with Crippen LogP contribution in [0.25, 0.3) is 0 Å². The maximum Gasteiger partial charge on any atom is 0.124 e. The van der Waals surface area contributed by atoms with Crippen molar-refractivity contribution in [1.82, 2.24) is 5.32 Å². The summed E-state index contributed by atoms with van der Waals surface area (Å²) in [6.07, 6.45) is 0.970. The Hall–Kier alpha value is -1.42. The fraction of sp³-hybridized carbons (Fsp3) is 0.182. The highest BCUT2D eigenvalue weighted by molar-refractivity contribution is 6.35. The maximum absolute atomic E-state index is 6.22. The molecule has 0 bridgehead atoms.